The number of aromatic nitrogens is 2. The number of amides is 1. The standard InChI is InChI=1S/C17H15BrFN3O3/c1-8-3-4-12(22-17(24)25-2)14(19)13(8)15(23)11-7-21-16-10(11)5-9(18)6-20-16/h3-7,15,23H,1-2H3,(H,20,21)(H,22,24). The molecular weight excluding hydrogens is 393 g/mol. The van der Waals surface area contributed by atoms with Gasteiger partial charge in [-0.05, 0) is 40.5 Å². The Labute approximate surface area is 151 Å². The zero-order chi connectivity index (χ0) is 18.1. The smallest absolute Gasteiger partial charge is 0.411 e. The summed E-state index contributed by atoms with van der Waals surface area (Å²) in [5.41, 5.74) is 1.64. The summed E-state index contributed by atoms with van der Waals surface area (Å²) in [6.45, 7) is 1.69. The van der Waals surface area contributed by atoms with Gasteiger partial charge in [0.05, 0.1) is 12.8 Å². The molecule has 3 rings (SSSR count). The third kappa shape index (κ3) is 3.22. The summed E-state index contributed by atoms with van der Waals surface area (Å²) in [6.07, 6.45) is 1.20. The van der Waals surface area contributed by atoms with E-state index in [1.54, 1.807) is 31.5 Å². The quantitative estimate of drug-likeness (QED) is 0.611. The first-order valence-corrected chi connectivity index (χ1v) is 8.16. The maximum atomic E-state index is 14.9. The maximum absolute atomic E-state index is 14.9. The number of pyridine rings is 1. The van der Waals surface area contributed by atoms with Gasteiger partial charge in [-0.1, -0.05) is 6.07 Å². The van der Waals surface area contributed by atoms with Crippen LogP contribution in [0.1, 0.15) is 22.8 Å². The van der Waals surface area contributed by atoms with Crippen LogP contribution in [0.4, 0.5) is 14.9 Å². The Morgan fingerprint density at radius 3 is 2.96 bits per heavy atom. The summed E-state index contributed by atoms with van der Waals surface area (Å²) in [5, 5.41) is 13.8. The molecule has 0 saturated carbocycles. The van der Waals surface area contributed by atoms with Gasteiger partial charge in [-0.25, -0.2) is 14.2 Å². The zero-order valence-electron chi connectivity index (χ0n) is 13.4. The highest BCUT2D eigenvalue weighted by molar-refractivity contribution is 9.10. The molecule has 0 aliphatic carbocycles. The molecule has 0 spiro atoms. The number of aromatic amines is 1. The number of benzene rings is 1. The molecule has 0 saturated heterocycles. The number of aliphatic hydroxyl groups excluding tert-OH is 1. The summed E-state index contributed by atoms with van der Waals surface area (Å²) in [5.74, 6) is -0.713. The minimum Gasteiger partial charge on any atom is -0.453 e. The molecule has 8 heteroatoms. The van der Waals surface area contributed by atoms with E-state index < -0.39 is 18.0 Å². The third-order valence-corrected chi connectivity index (χ3v) is 4.35. The highest BCUT2D eigenvalue weighted by Gasteiger charge is 2.23. The molecule has 0 aliphatic heterocycles. The third-order valence-electron chi connectivity index (χ3n) is 3.92. The van der Waals surface area contributed by atoms with Crippen LogP contribution in [0, 0.1) is 12.7 Å². The number of hydrogen-bond donors (Lipinski definition) is 3. The minimum absolute atomic E-state index is 0.0642. The van der Waals surface area contributed by atoms with Crippen molar-refractivity contribution in [3.8, 4) is 0 Å². The fourth-order valence-corrected chi connectivity index (χ4v) is 2.99. The van der Waals surface area contributed by atoms with E-state index in [1.807, 2.05) is 0 Å². The predicted molar refractivity (Wildman–Crippen MR) is 95.0 cm³/mol. The molecule has 1 amide bonds. The number of ether oxygens (including phenoxy) is 1. The van der Waals surface area contributed by atoms with Gasteiger partial charge in [-0.3, -0.25) is 5.32 Å². The number of methoxy groups -OCH3 is 1. The van der Waals surface area contributed by atoms with Gasteiger partial charge < -0.3 is 14.8 Å². The van der Waals surface area contributed by atoms with Gasteiger partial charge in [0, 0.05) is 33.4 Å². The van der Waals surface area contributed by atoms with Crippen LogP contribution in [0.15, 0.2) is 35.1 Å². The fraction of sp³-hybridized carbons (Fsp3) is 0.176. The van der Waals surface area contributed by atoms with Crippen LogP contribution < -0.4 is 5.32 Å². The molecule has 25 heavy (non-hydrogen) atoms. The summed E-state index contributed by atoms with van der Waals surface area (Å²) >= 11 is 3.34. The summed E-state index contributed by atoms with van der Waals surface area (Å²) in [6, 6.07) is 4.84. The number of halogens is 2. The lowest BCUT2D eigenvalue weighted by atomic mass is 9.96. The lowest BCUT2D eigenvalue weighted by Crippen LogP contribution is -2.14. The zero-order valence-corrected chi connectivity index (χ0v) is 15.0. The van der Waals surface area contributed by atoms with E-state index >= 15 is 0 Å². The molecule has 6 nitrogen and oxygen atoms in total. The molecule has 130 valence electrons. The van der Waals surface area contributed by atoms with E-state index in [2.05, 4.69) is 36.0 Å². The summed E-state index contributed by atoms with van der Waals surface area (Å²) < 4.78 is 20.1. The second kappa shape index (κ2) is 6.81. The van der Waals surface area contributed by atoms with E-state index in [-0.39, 0.29) is 11.3 Å². The topological polar surface area (TPSA) is 87.2 Å². The molecule has 2 heterocycles. The first-order valence-electron chi connectivity index (χ1n) is 7.37. The molecular formula is C17H15BrFN3O3. The number of carbonyl (C=O) groups excluding carboxylic acids is 1. The van der Waals surface area contributed by atoms with Gasteiger partial charge in [-0.15, -0.1) is 0 Å². The van der Waals surface area contributed by atoms with Crippen molar-refractivity contribution in [1.82, 2.24) is 9.97 Å². The molecule has 0 aliphatic rings. The van der Waals surface area contributed by atoms with Crippen LogP contribution in [0.3, 0.4) is 0 Å². The molecule has 3 N–H and O–H groups in total. The van der Waals surface area contributed by atoms with E-state index in [9.17, 15) is 14.3 Å². The van der Waals surface area contributed by atoms with E-state index in [0.29, 0.717) is 22.2 Å². The van der Waals surface area contributed by atoms with Gasteiger partial charge in [0.2, 0.25) is 0 Å². The van der Waals surface area contributed by atoms with E-state index in [0.717, 1.165) is 4.47 Å². The normalized spacial score (nSPS) is 12.2. The highest BCUT2D eigenvalue weighted by Crippen LogP contribution is 2.34. The SMILES string of the molecule is COC(=O)Nc1ccc(C)c(C(O)c2c[nH]c3ncc(Br)cc23)c1F. The number of aryl methyl sites for hydroxylation is 1. The minimum atomic E-state index is -1.23. The van der Waals surface area contributed by atoms with Crippen LogP contribution >= 0.6 is 15.9 Å². The lowest BCUT2D eigenvalue weighted by molar-refractivity contribution is 0.186. The molecule has 0 fully saturated rings. The number of nitrogens with zero attached hydrogens (tertiary/aromatic N) is 1. The number of H-pyrrole nitrogens is 1. The molecule has 0 radical (unpaired) electrons. The van der Waals surface area contributed by atoms with E-state index in [4.69, 9.17) is 0 Å². The lowest BCUT2D eigenvalue weighted by Gasteiger charge is -2.17. The van der Waals surface area contributed by atoms with Crippen molar-refractivity contribution < 1.29 is 19.0 Å². The number of carbonyl (C=O) groups is 1. The van der Waals surface area contributed by atoms with Gasteiger partial charge in [0.1, 0.15) is 11.8 Å². The van der Waals surface area contributed by atoms with Gasteiger partial charge in [0.15, 0.2) is 5.82 Å². The first-order chi connectivity index (χ1) is 11.9. The van der Waals surface area contributed by atoms with Gasteiger partial charge in [-0.2, -0.15) is 0 Å². The van der Waals surface area contributed by atoms with Crippen molar-refractivity contribution in [2.45, 2.75) is 13.0 Å². The first kappa shape index (κ1) is 17.4. The van der Waals surface area contributed by atoms with Crippen LogP contribution in [-0.2, 0) is 4.74 Å². The Morgan fingerprint density at radius 2 is 2.24 bits per heavy atom. The molecule has 0 bridgehead atoms. The Hall–Kier alpha value is -2.45. The van der Waals surface area contributed by atoms with Crippen LogP contribution in [0.2, 0.25) is 0 Å². The second-order valence-electron chi connectivity index (χ2n) is 5.47. The Balaban J connectivity index is 2.09. The highest BCUT2D eigenvalue weighted by atomic mass is 79.9. The molecule has 2 aromatic heterocycles. The number of hydrogen-bond acceptors (Lipinski definition) is 4. The Morgan fingerprint density at radius 1 is 1.48 bits per heavy atom. The van der Waals surface area contributed by atoms with Crippen LogP contribution in [0.5, 0.6) is 0 Å². The van der Waals surface area contributed by atoms with Crippen molar-refractivity contribution in [2.75, 3.05) is 12.4 Å². The number of rotatable bonds is 3. The van der Waals surface area contributed by atoms with Gasteiger partial charge in [0.25, 0.3) is 0 Å². The average molecular weight is 408 g/mol. The maximum Gasteiger partial charge on any atom is 0.411 e. The molecule has 1 aromatic carbocycles. The molecule has 3 aromatic rings. The van der Waals surface area contributed by atoms with Crippen molar-refractivity contribution in [2.24, 2.45) is 0 Å². The van der Waals surface area contributed by atoms with E-state index in [1.165, 1.54) is 13.2 Å². The second-order valence-corrected chi connectivity index (χ2v) is 6.39. The summed E-state index contributed by atoms with van der Waals surface area (Å²) in [7, 11) is 1.19. The summed E-state index contributed by atoms with van der Waals surface area (Å²) in [4.78, 5) is 18.5. The fourth-order valence-electron chi connectivity index (χ4n) is 2.66. The molecule has 1 unspecified atom stereocenters. The predicted octanol–water partition coefficient (Wildman–Crippen LogP) is 4.03. The Bertz CT molecular complexity index is 958. The average Bonchev–Trinajstić information content (AvgIpc) is 3.00. The van der Waals surface area contributed by atoms with Crippen molar-refractivity contribution in [3.05, 3.63) is 57.6 Å². The van der Waals surface area contributed by atoms with Crippen molar-refractivity contribution in [3.63, 3.8) is 0 Å². The van der Waals surface area contributed by atoms with Crippen molar-refractivity contribution >= 4 is 38.7 Å². The van der Waals surface area contributed by atoms with Crippen LogP contribution in [-0.4, -0.2) is 28.3 Å². The van der Waals surface area contributed by atoms with Crippen molar-refractivity contribution in [1.29, 1.82) is 0 Å². The Kier molecular flexibility index (Phi) is 4.73. The number of fused-ring (bicyclic) bond motifs is 1. The number of aliphatic hydroxyl groups is 1. The van der Waals surface area contributed by atoms with Gasteiger partial charge >= 0.3 is 6.09 Å². The van der Waals surface area contributed by atoms with Crippen LogP contribution in [0.25, 0.3) is 11.0 Å². The molecule has 1 atom stereocenters. The monoisotopic (exact) mass is 407 g/mol. The largest absolute Gasteiger partial charge is 0.453 e. The number of anilines is 1. The number of nitrogens with one attached hydrogen (secondary N) is 2.